The molecule has 0 saturated carbocycles. The van der Waals surface area contributed by atoms with Crippen molar-refractivity contribution in [2.24, 2.45) is 0 Å². The highest BCUT2D eigenvalue weighted by Crippen LogP contribution is 2.24. The van der Waals surface area contributed by atoms with Crippen molar-refractivity contribution in [3.8, 4) is 6.07 Å². The Bertz CT molecular complexity index is 318. The van der Waals surface area contributed by atoms with Crippen molar-refractivity contribution in [1.82, 2.24) is 0 Å². The van der Waals surface area contributed by atoms with Gasteiger partial charge in [0.2, 0.25) is 0 Å². The third-order valence-corrected chi connectivity index (χ3v) is 2.51. The predicted molar refractivity (Wildman–Crippen MR) is 49.1 cm³/mol. The van der Waals surface area contributed by atoms with E-state index in [1.807, 2.05) is 13.8 Å². The second-order valence-electron chi connectivity index (χ2n) is 2.64. The Labute approximate surface area is 76.0 Å². The van der Waals surface area contributed by atoms with Gasteiger partial charge in [0, 0.05) is 16.9 Å². The Balaban J connectivity index is 3.30. The van der Waals surface area contributed by atoms with Crippen LogP contribution < -0.4 is 0 Å². The summed E-state index contributed by atoms with van der Waals surface area (Å²) in [5.74, 6) is 0. The Morgan fingerprint density at radius 1 is 1.33 bits per heavy atom. The molecule has 0 spiro atoms. The first kappa shape index (κ1) is 9.11. The summed E-state index contributed by atoms with van der Waals surface area (Å²) in [6, 6.07) is 5.61. The lowest BCUT2D eigenvalue weighted by Gasteiger charge is -2.04. The minimum atomic E-state index is 0.641. The highest BCUT2D eigenvalue weighted by atomic mass is 32.2. The van der Waals surface area contributed by atoms with E-state index in [-0.39, 0.29) is 0 Å². The van der Waals surface area contributed by atoms with E-state index in [9.17, 15) is 0 Å². The zero-order valence-corrected chi connectivity index (χ0v) is 7.77. The molecular formula is C9H9NOS. The molecule has 12 heavy (non-hydrogen) atoms. The van der Waals surface area contributed by atoms with Crippen LogP contribution in [-0.4, -0.2) is 4.55 Å². The Morgan fingerprint density at radius 3 is 2.17 bits per heavy atom. The van der Waals surface area contributed by atoms with E-state index in [1.165, 1.54) is 0 Å². The van der Waals surface area contributed by atoms with E-state index in [0.717, 1.165) is 28.1 Å². The number of aryl methyl sites for hydroxylation is 2. The average molecular weight is 179 g/mol. The average Bonchev–Trinajstić information content (AvgIpc) is 2.03. The molecule has 1 rings (SSSR count). The topological polar surface area (TPSA) is 44.0 Å². The lowest BCUT2D eigenvalue weighted by Crippen LogP contribution is -1.87. The normalized spacial score (nSPS) is 9.50. The van der Waals surface area contributed by atoms with E-state index >= 15 is 0 Å². The Kier molecular flexibility index (Phi) is 2.74. The molecule has 1 N–H and O–H groups in total. The molecule has 2 nitrogen and oxygen atoms in total. The molecule has 1 aromatic carbocycles. The van der Waals surface area contributed by atoms with Crippen molar-refractivity contribution < 1.29 is 4.55 Å². The fourth-order valence-electron chi connectivity index (χ4n) is 1.16. The highest BCUT2D eigenvalue weighted by molar-refractivity contribution is 7.93. The van der Waals surface area contributed by atoms with Gasteiger partial charge in [0.25, 0.3) is 0 Å². The standard InChI is InChI=1S/C9H9NOS/c1-6-3-8(5-10)4-7(2)9(6)12-11/h3-4,11H,1-2H3. The van der Waals surface area contributed by atoms with Gasteiger partial charge in [-0.2, -0.15) is 5.26 Å². The minimum Gasteiger partial charge on any atom is -0.325 e. The van der Waals surface area contributed by atoms with Crippen LogP contribution in [0.15, 0.2) is 17.0 Å². The second kappa shape index (κ2) is 3.61. The third kappa shape index (κ3) is 1.60. The highest BCUT2D eigenvalue weighted by Gasteiger charge is 2.03. The van der Waals surface area contributed by atoms with Gasteiger partial charge in [-0.1, -0.05) is 0 Å². The zero-order valence-electron chi connectivity index (χ0n) is 6.96. The van der Waals surface area contributed by atoms with Crippen molar-refractivity contribution in [3.63, 3.8) is 0 Å². The van der Waals surface area contributed by atoms with Gasteiger partial charge in [0.05, 0.1) is 11.6 Å². The Hall–Kier alpha value is -0.980. The molecule has 0 unspecified atom stereocenters. The fraction of sp³-hybridized carbons (Fsp3) is 0.222. The number of nitriles is 1. The van der Waals surface area contributed by atoms with E-state index in [4.69, 9.17) is 9.81 Å². The summed E-state index contributed by atoms with van der Waals surface area (Å²) in [6.07, 6.45) is 0. The van der Waals surface area contributed by atoms with E-state index in [1.54, 1.807) is 12.1 Å². The van der Waals surface area contributed by atoms with Crippen molar-refractivity contribution in [2.45, 2.75) is 18.7 Å². The maximum Gasteiger partial charge on any atom is 0.0991 e. The van der Waals surface area contributed by atoms with Crippen LogP contribution in [0.1, 0.15) is 16.7 Å². The summed E-state index contributed by atoms with van der Waals surface area (Å²) >= 11 is 0.732. The predicted octanol–water partition coefficient (Wildman–Crippen LogP) is 2.74. The molecule has 3 heteroatoms. The first-order valence-electron chi connectivity index (χ1n) is 3.52. The van der Waals surface area contributed by atoms with Crippen molar-refractivity contribution >= 4 is 12.0 Å². The lowest BCUT2D eigenvalue weighted by molar-refractivity contribution is 0.662. The van der Waals surface area contributed by atoms with Gasteiger partial charge in [-0.05, 0) is 37.1 Å². The lowest BCUT2D eigenvalue weighted by atomic mass is 10.1. The molecule has 0 heterocycles. The third-order valence-electron chi connectivity index (χ3n) is 1.68. The maximum absolute atomic E-state index is 8.90. The van der Waals surface area contributed by atoms with Gasteiger partial charge < -0.3 is 4.55 Å². The molecular weight excluding hydrogens is 170 g/mol. The van der Waals surface area contributed by atoms with Crippen LogP contribution in [-0.2, 0) is 0 Å². The molecule has 0 aliphatic rings. The van der Waals surface area contributed by atoms with E-state index in [0.29, 0.717) is 5.56 Å². The van der Waals surface area contributed by atoms with Gasteiger partial charge in [0.1, 0.15) is 0 Å². The van der Waals surface area contributed by atoms with Crippen LogP contribution >= 0.6 is 12.0 Å². The van der Waals surface area contributed by atoms with Crippen LogP contribution in [0.25, 0.3) is 0 Å². The number of hydrogen-bond acceptors (Lipinski definition) is 3. The molecule has 62 valence electrons. The van der Waals surface area contributed by atoms with Crippen LogP contribution in [0.2, 0.25) is 0 Å². The molecule has 0 fully saturated rings. The molecule has 0 atom stereocenters. The number of rotatable bonds is 1. The fourth-order valence-corrected chi connectivity index (χ4v) is 1.56. The van der Waals surface area contributed by atoms with Crippen LogP contribution in [0.3, 0.4) is 0 Å². The number of nitrogens with zero attached hydrogens (tertiary/aromatic N) is 1. The van der Waals surface area contributed by atoms with Crippen LogP contribution in [0.4, 0.5) is 0 Å². The zero-order chi connectivity index (χ0) is 9.14. The van der Waals surface area contributed by atoms with Gasteiger partial charge >= 0.3 is 0 Å². The van der Waals surface area contributed by atoms with E-state index < -0.39 is 0 Å². The van der Waals surface area contributed by atoms with Crippen molar-refractivity contribution in [1.29, 1.82) is 5.26 Å². The SMILES string of the molecule is Cc1cc(C#N)cc(C)c1SO. The first-order valence-corrected chi connectivity index (χ1v) is 4.29. The molecule has 0 amide bonds. The van der Waals surface area contributed by atoms with Crippen molar-refractivity contribution in [2.75, 3.05) is 0 Å². The van der Waals surface area contributed by atoms with Gasteiger partial charge in [0.15, 0.2) is 0 Å². The van der Waals surface area contributed by atoms with Crippen molar-refractivity contribution in [3.05, 3.63) is 28.8 Å². The van der Waals surface area contributed by atoms with Gasteiger partial charge in [-0.3, -0.25) is 0 Å². The second-order valence-corrected chi connectivity index (χ2v) is 3.23. The summed E-state index contributed by atoms with van der Waals surface area (Å²) in [5.41, 5.74) is 2.53. The molecule has 0 aromatic heterocycles. The summed E-state index contributed by atoms with van der Waals surface area (Å²) < 4.78 is 8.90. The molecule has 0 aliphatic carbocycles. The maximum atomic E-state index is 8.90. The molecule has 0 aliphatic heterocycles. The van der Waals surface area contributed by atoms with Gasteiger partial charge in [-0.25, -0.2) is 0 Å². The largest absolute Gasteiger partial charge is 0.325 e. The monoisotopic (exact) mass is 179 g/mol. The van der Waals surface area contributed by atoms with Crippen LogP contribution in [0.5, 0.6) is 0 Å². The smallest absolute Gasteiger partial charge is 0.0991 e. The molecule has 0 saturated heterocycles. The first-order chi connectivity index (χ1) is 5.69. The minimum absolute atomic E-state index is 0.641. The number of hydrogen-bond donors (Lipinski definition) is 1. The summed E-state index contributed by atoms with van der Waals surface area (Å²) in [7, 11) is 0. The van der Waals surface area contributed by atoms with Gasteiger partial charge in [-0.15, -0.1) is 0 Å². The molecule has 1 aromatic rings. The molecule has 0 radical (unpaired) electrons. The number of benzene rings is 1. The summed E-state index contributed by atoms with van der Waals surface area (Å²) in [4.78, 5) is 0.842. The quantitative estimate of drug-likeness (QED) is 0.674. The van der Waals surface area contributed by atoms with Crippen LogP contribution in [0, 0.1) is 25.2 Å². The summed E-state index contributed by atoms with van der Waals surface area (Å²) in [6.45, 7) is 3.76. The molecule has 0 bridgehead atoms. The van der Waals surface area contributed by atoms with E-state index in [2.05, 4.69) is 6.07 Å². The Morgan fingerprint density at radius 2 is 1.83 bits per heavy atom. The summed E-state index contributed by atoms with van der Waals surface area (Å²) in [5, 5.41) is 8.63.